The first-order chi connectivity index (χ1) is 15.8. The van der Waals surface area contributed by atoms with Gasteiger partial charge in [0.25, 0.3) is 11.1 Å². The molecule has 0 amide bonds. The standard InChI is InChI=1S/C22H19F3N6O2/c23-22(24,25)18-3-1-14(10-28-18)9-26-15-5-7-29(8-6-15)12-16-13-30-19(32)4-2-17-21(30)31(16)20(33)11-27-17/h1-5,7,10-11,16H,6,8-9,12-13H2/t16-/m1/s1. The van der Waals surface area contributed by atoms with Gasteiger partial charge in [-0.2, -0.15) is 13.2 Å². The van der Waals surface area contributed by atoms with Gasteiger partial charge in [-0.3, -0.25) is 28.7 Å². The topological polar surface area (TPSA) is 85.4 Å². The lowest BCUT2D eigenvalue weighted by molar-refractivity contribution is -0.141. The van der Waals surface area contributed by atoms with Crippen molar-refractivity contribution in [1.82, 2.24) is 24.0 Å². The summed E-state index contributed by atoms with van der Waals surface area (Å²) in [6.07, 6.45) is 2.43. The Morgan fingerprint density at radius 1 is 1.06 bits per heavy atom. The van der Waals surface area contributed by atoms with Gasteiger partial charge in [0.05, 0.1) is 25.3 Å². The SMILES string of the molecule is O=c1ccc2ncc(=O)n3c2n1C[C@H]3CN1C=CC(=NCc2ccc(C(F)(F)F)nc2)CC1. The van der Waals surface area contributed by atoms with Gasteiger partial charge in [0.15, 0.2) is 0 Å². The Morgan fingerprint density at radius 2 is 1.91 bits per heavy atom. The van der Waals surface area contributed by atoms with Crippen molar-refractivity contribution < 1.29 is 13.2 Å². The third-order valence-electron chi connectivity index (χ3n) is 5.83. The zero-order chi connectivity index (χ0) is 23.2. The average Bonchev–Trinajstić information content (AvgIpc) is 3.18. The molecule has 5 rings (SSSR count). The lowest BCUT2D eigenvalue weighted by atomic mass is 10.1. The fourth-order valence-corrected chi connectivity index (χ4v) is 4.20. The number of alkyl halides is 3. The van der Waals surface area contributed by atoms with Crippen LogP contribution in [0.3, 0.4) is 0 Å². The van der Waals surface area contributed by atoms with Gasteiger partial charge >= 0.3 is 6.18 Å². The highest BCUT2D eigenvalue weighted by molar-refractivity contribution is 5.95. The monoisotopic (exact) mass is 456 g/mol. The minimum Gasteiger partial charge on any atom is -0.375 e. The summed E-state index contributed by atoms with van der Waals surface area (Å²) in [4.78, 5) is 38.9. The Labute approximate surface area is 185 Å². The Morgan fingerprint density at radius 3 is 2.61 bits per heavy atom. The molecule has 11 heteroatoms. The van der Waals surface area contributed by atoms with Crippen LogP contribution >= 0.6 is 0 Å². The molecule has 8 nitrogen and oxygen atoms in total. The number of hydrogen-bond donors (Lipinski definition) is 0. The molecular weight excluding hydrogens is 437 g/mol. The van der Waals surface area contributed by atoms with E-state index < -0.39 is 11.9 Å². The van der Waals surface area contributed by atoms with Crippen LogP contribution in [0.4, 0.5) is 13.2 Å². The van der Waals surface area contributed by atoms with Crippen molar-refractivity contribution in [2.75, 3.05) is 13.1 Å². The first kappa shape index (κ1) is 21.1. The van der Waals surface area contributed by atoms with Crippen molar-refractivity contribution in [3.05, 3.63) is 80.9 Å². The molecule has 0 saturated carbocycles. The summed E-state index contributed by atoms with van der Waals surface area (Å²) < 4.78 is 41.1. The third-order valence-corrected chi connectivity index (χ3v) is 5.83. The highest BCUT2D eigenvalue weighted by Crippen LogP contribution is 2.27. The lowest BCUT2D eigenvalue weighted by Gasteiger charge is -2.27. The van der Waals surface area contributed by atoms with Crippen LogP contribution in [0, 0.1) is 0 Å². The van der Waals surface area contributed by atoms with E-state index >= 15 is 0 Å². The van der Waals surface area contributed by atoms with E-state index in [1.807, 2.05) is 12.3 Å². The first-order valence-electron chi connectivity index (χ1n) is 10.4. The van der Waals surface area contributed by atoms with Gasteiger partial charge in [0.1, 0.15) is 16.9 Å². The second kappa shape index (κ2) is 7.98. The lowest BCUT2D eigenvalue weighted by Crippen LogP contribution is -2.34. The van der Waals surface area contributed by atoms with Crippen LogP contribution in [0.5, 0.6) is 0 Å². The van der Waals surface area contributed by atoms with Crippen LogP contribution in [-0.2, 0) is 19.3 Å². The van der Waals surface area contributed by atoms with Crippen molar-refractivity contribution in [2.45, 2.75) is 31.7 Å². The molecule has 0 radical (unpaired) electrons. The van der Waals surface area contributed by atoms with Crippen molar-refractivity contribution >= 4 is 16.9 Å². The third kappa shape index (κ3) is 4.06. The molecule has 0 N–H and O–H groups in total. The number of pyridine rings is 2. The van der Waals surface area contributed by atoms with Crippen molar-refractivity contribution in [2.24, 2.45) is 4.99 Å². The molecule has 0 fully saturated rings. The van der Waals surface area contributed by atoms with Crippen molar-refractivity contribution in [1.29, 1.82) is 0 Å². The van der Waals surface area contributed by atoms with Crippen LogP contribution < -0.4 is 11.1 Å². The number of allylic oxidation sites excluding steroid dienone is 1. The maximum atomic E-state index is 12.6. The first-order valence-corrected chi connectivity index (χ1v) is 10.4. The van der Waals surface area contributed by atoms with Gasteiger partial charge in [-0.25, -0.2) is 4.98 Å². The van der Waals surface area contributed by atoms with E-state index in [0.29, 0.717) is 42.8 Å². The summed E-state index contributed by atoms with van der Waals surface area (Å²) in [6, 6.07) is 5.23. The normalized spacial score (nSPS) is 19.1. The Kier molecular flexibility index (Phi) is 5.10. The minimum atomic E-state index is -4.46. The maximum absolute atomic E-state index is 12.6. The molecule has 170 valence electrons. The van der Waals surface area contributed by atoms with Gasteiger partial charge in [-0.1, -0.05) is 6.07 Å². The van der Waals surface area contributed by atoms with Gasteiger partial charge in [-0.05, 0) is 23.8 Å². The van der Waals surface area contributed by atoms with E-state index in [2.05, 4.69) is 19.9 Å². The van der Waals surface area contributed by atoms with Crippen LogP contribution in [0.1, 0.15) is 23.7 Å². The molecule has 1 atom stereocenters. The van der Waals surface area contributed by atoms with Crippen molar-refractivity contribution in [3.63, 3.8) is 0 Å². The van der Waals surface area contributed by atoms with Crippen LogP contribution in [0.25, 0.3) is 11.2 Å². The summed E-state index contributed by atoms with van der Waals surface area (Å²) in [5.74, 6) is 0. The Hall–Kier alpha value is -3.76. The smallest absolute Gasteiger partial charge is 0.375 e. The number of aromatic nitrogens is 4. The fraction of sp³-hybridized carbons (Fsp3) is 0.318. The van der Waals surface area contributed by atoms with Crippen LogP contribution in [0.2, 0.25) is 0 Å². The highest BCUT2D eigenvalue weighted by atomic mass is 19.4. The predicted molar refractivity (Wildman–Crippen MR) is 115 cm³/mol. The fourth-order valence-electron chi connectivity index (χ4n) is 4.20. The van der Waals surface area contributed by atoms with Gasteiger partial charge in [0, 0.05) is 43.7 Å². The quantitative estimate of drug-likeness (QED) is 0.602. The molecule has 0 bridgehead atoms. The van der Waals surface area contributed by atoms with E-state index in [1.165, 1.54) is 24.5 Å². The van der Waals surface area contributed by atoms with E-state index in [9.17, 15) is 22.8 Å². The summed E-state index contributed by atoms with van der Waals surface area (Å²) >= 11 is 0. The number of halogens is 3. The largest absolute Gasteiger partial charge is 0.433 e. The molecular formula is C22H19F3N6O2. The second-order valence-corrected chi connectivity index (χ2v) is 8.03. The summed E-state index contributed by atoms with van der Waals surface area (Å²) in [5, 5.41) is 0. The molecule has 0 aromatic carbocycles. The molecule has 5 heterocycles. The molecule has 0 spiro atoms. The summed E-state index contributed by atoms with van der Waals surface area (Å²) in [7, 11) is 0. The number of hydrogen-bond acceptors (Lipinski definition) is 6. The van der Waals surface area contributed by atoms with Crippen LogP contribution in [-0.4, -0.2) is 42.8 Å². The molecule has 0 aliphatic carbocycles. The number of rotatable bonds is 4. The van der Waals surface area contributed by atoms with E-state index in [1.54, 1.807) is 15.2 Å². The van der Waals surface area contributed by atoms with E-state index in [0.717, 1.165) is 11.8 Å². The Bertz CT molecular complexity index is 1380. The van der Waals surface area contributed by atoms with Gasteiger partial charge in [0.2, 0.25) is 0 Å². The molecule has 3 aromatic heterocycles. The molecule has 3 aromatic rings. The van der Waals surface area contributed by atoms with E-state index in [-0.39, 0.29) is 23.7 Å². The minimum absolute atomic E-state index is 0.160. The number of aliphatic imine (C=N–C) groups is 1. The second-order valence-electron chi connectivity index (χ2n) is 8.03. The van der Waals surface area contributed by atoms with Crippen molar-refractivity contribution in [3.8, 4) is 0 Å². The highest BCUT2D eigenvalue weighted by Gasteiger charge is 2.32. The predicted octanol–water partition coefficient (Wildman–Crippen LogP) is 2.39. The van der Waals surface area contributed by atoms with Gasteiger partial charge < -0.3 is 4.90 Å². The van der Waals surface area contributed by atoms with Gasteiger partial charge in [-0.15, -0.1) is 0 Å². The molecule has 33 heavy (non-hydrogen) atoms. The van der Waals surface area contributed by atoms with E-state index in [4.69, 9.17) is 0 Å². The molecule has 0 unspecified atom stereocenters. The Balaban J connectivity index is 1.26. The average molecular weight is 456 g/mol. The summed E-state index contributed by atoms with van der Waals surface area (Å²) in [6.45, 7) is 1.87. The summed E-state index contributed by atoms with van der Waals surface area (Å²) in [5.41, 5.74) is 1.27. The zero-order valence-corrected chi connectivity index (χ0v) is 17.4. The molecule has 0 saturated heterocycles. The zero-order valence-electron chi connectivity index (χ0n) is 17.4. The van der Waals surface area contributed by atoms with Crippen LogP contribution in [0.15, 0.2) is 63.5 Å². The molecule has 2 aliphatic heterocycles. The molecule has 2 aliphatic rings. The number of nitrogens with zero attached hydrogens (tertiary/aromatic N) is 6. The maximum Gasteiger partial charge on any atom is 0.433 e.